The molecule has 3 nitrogen and oxygen atoms in total. The predicted molar refractivity (Wildman–Crippen MR) is 128 cm³/mol. The zero-order valence-corrected chi connectivity index (χ0v) is 18.2. The smallest absolute Gasteiger partial charge is 0.188 e. The van der Waals surface area contributed by atoms with Crippen LogP contribution in [-0.4, -0.2) is 17.4 Å². The number of pyridine rings is 1. The highest BCUT2D eigenvalue weighted by molar-refractivity contribution is 6.31. The van der Waals surface area contributed by atoms with Crippen molar-refractivity contribution in [2.24, 2.45) is 0 Å². The summed E-state index contributed by atoms with van der Waals surface area (Å²) in [5.41, 5.74) is 4.82. The summed E-state index contributed by atoms with van der Waals surface area (Å²) < 4.78 is 5.48. The summed E-state index contributed by atoms with van der Waals surface area (Å²) in [5, 5.41) is 1.47. The molecule has 0 aliphatic heterocycles. The second-order valence-electron chi connectivity index (χ2n) is 7.17. The number of carbonyl (C=O) groups is 1. The molecule has 4 rings (SSSR count). The zero-order chi connectivity index (χ0) is 21.8. The van der Waals surface area contributed by atoms with Crippen LogP contribution >= 0.6 is 11.6 Å². The van der Waals surface area contributed by atoms with E-state index in [1.807, 2.05) is 92.7 Å². The number of aryl methyl sites for hydroxylation is 1. The van der Waals surface area contributed by atoms with Crippen molar-refractivity contribution in [3.8, 4) is 16.9 Å². The molecule has 0 amide bonds. The van der Waals surface area contributed by atoms with Crippen LogP contribution in [0.3, 0.4) is 0 Å². The number of nitrogens with zero attached hydrogens (tertiary/aromatic N) is 1. The Labute approximate surface area is 187 Å². The van der Waals surface area contributed by atoms with Crippen LogP contribution in [0.5, 0.6) is 5.75 Å². The van der Waals surface area contributed by atoms with E-state index in [2.05, 4.69) is 4.98 Å². The summed E-state index contributed by atoms with van der Waals surface area (Å²) in [5.74, 6) is 0.711. The third-order valence-electron chi connectivity index (χ3n) is 5.06. The highest BCUT2D eigenvalue weighted by Crippen LogP contribution is 2.35. The number of benzene rings is 3. The van der Waals surface area contributed by atoms with Gasteiger partial charge in [-0.3, -0.25) is 9.78 Å². The van der Waals surface area contributed by atoms with Gasteiger partial charge in [0.2, 0.25) is 0 Å². The van der Waals surface area contributed by atoms with Gasteiger partial charge in [0, 0.05) is 21.7 Å². The minimum absolute atomic E-state index is 0.0976. The van der Waals surface area contributed by atoms with E-state index >= 15 is 0 Å². The van der Waals surface area contributed by atoms with Gasteiger partial charge in [-0.25, -0.2) is 0 Å². The Kier molecular flexibility index (Phi) is 6.15. The SMILES string of the molecule is CCOc1ccc(C=CC(=O)c2c(C)nc3ccc(Cl)cc3c2-c2ccccc2)cc1. The van der Waals surface area contributed by atoms with Crippen molar-refractivity contribution in [3.05, 3.63) is 101 Å². The van der Waals surface area contributed by atoms with Crippen molar-refractivity contribution in [1.29, 1.82) is 0 Å². The van der Waals surface area contributed by atoms with E-state index in [1.54, 1.807) is 6.08 Å². The van der Waals surface area contributed by atoms with Crippen LogP contribution in [0.1, 0.15) is 28.5 Å². The maximum Gasteiger partial charge on any atom is 0.188 e. The van der Waals surface area contributed by atoms with E-state index in [9.17, 15) is 4.79 Å². The highest BCUT2D eigenvalue weighted by atomic mass is 35.5. The van der Waals surface area contributed by atoms with Crippen LogP contribution in [0.4, 0.5) is 0 Å². The number of hydrogen-bond acceptors (Lipinski definition) is 3. The van der Waals surface area contributed by atoms with Gasteiger partial charge in [0.1, 0.15) is 5.75 Å². The number of ketones is 1. The monoisotopic (exact) mass is 427 g/mol. The van der Waals surface area contributed by atoms with E-state index in [0.717, 1.165) is 33.3 Å². The molecule has 3 aromatic carbocycles. The summed E-state index contributed by atoms with van der Waals surface area (Å²) in [6, 6.07) is 23.1. The molecule has 0 bridgehead atoms. The van der Waals surface area contributed by atoms with Crippen LogP contribution < -0.4 is 4.74 Å². The first-order chi connectivity index (χ1) is 15.1. The van der Waals surface area contributed by atoms with Gasteiger partial charge in [0.15, 0.2) is 5.78 Å². The number of aromatic nitrogens is 1. The fourth-order valence-corrected chi connectivity index (χ4v) is 3.83. The number of carbonyl (C=O) groups excluding carboxylic acids is 1. The second-order valence-corrected chi connectivity index (χ2v) is 7.61. The molecule has 0 unspecified atom stereocenters. The van der Waals surface area contributed by atoms with Crippen LogP contribution in [0.2, 0.25) is 5.02 Å². The molecule has 0 N–H and O–H groups in total. The maximum atomic E-state index is 13.3. The quantitative estimate of drug-likeness (QED) is 0.242. The Morgan fingerprint density at radius 3 is 2.48 bits per heavy atom. The van der Waals surface area contributed by atoms with Crippen LogP contribution in [0.15, 0.2) is 78.9 Å². The van der Waals surface area contributed by atoms with Gasteiger partial charge in [0.05, 0.1) is 17.7 Å². The molecule has 0 spiro atoms. The average molecular weight is 428 g/mol. The third kappa shape index (κ3) is 4.52. The summed E-state index contributed by atoms with van der Waals surface area (Å²) >= 11 is 6.29. The molecular weight excluding hydrogens is 406 g/mol. The van der Waals surface area contributed by atoms with Gasteiger partial charge in [-0.15, -0.1) is 0 Å². The topological polar surface area (TPSA) is 39.2 Å². The maximum absolute atomic E-state index is 13.3. The zero-order valence-electron chi connectivity index (χ0n) is 17.4. The fourth-order valence-electron chi connectivity index (χ4n) is 3.66. The van der Waals surface area contributed by atoms with Gasteiger partial charge in [-0.1, -0.05) is 60.1 Å². The standard InChI is InChI=1S/C27H22ClNO2/c1-3-31-22-13-9-19(10-14-22)11-16-25(30)26-18(2)29-24-15-12-21(28)17-23(24)27(26)20-7-5-4-6-8-20/h4-17H,3H2,1-2H3. The number of allylic oxidation sites excluding steroid dienone is 1. The number of hydrogen-bond donors (Lipinski definition) is 0. The molecule has 31 heavy (non-hydrogen) atoms. The summed E-state index contributed by atoms with van der Waals surface area (Å²) in [7, 11) is 0. The van der Waals surface area contributed by atoms with Crippen molar-refractivity contribution in [3.63, 3.8) is 0 Å². The van der Waals surface area contributed by atoms with Crippen molar-refractivity contribution >= 4 is 34.4 Å². The summed E-state index contributed by atoms with van der Waals surface area (Å²) in [6.45, 7) is 4.44. The summed E-state index contributed by atoms with van der Waals surface area (Å²) in [4.78, 5) is 18.0. The molecule has 0 saturated carbocycles. The van der Waals surface area contributed by atoms with Gasteiger partial charge in [0.25, 0.3) is 0 Å². The second kappa shape index (κ2) is 9.15. The van der Waals surface area contributed by atoms with Gasteiger partial charge >= 0.3 is 0 Å². The van der Waals surface area contributed by atoms with Crippen molar-refractivity contribution in [1.82, 2.24) is 4.98 Å². The lowest BCUT2D eigenvalue weighted by molar-refractivity contribution is 0.104. The first kappa shape index (κ1) is 20.8. The van der Waals surface area contributed by atoms with Gasteiger partial charge in [-0.05, 0) is 61.4 Å². The molecule has 4 aromatic rings. The molecule has 1 heterocycles. The van der Waals surface area contributed by atoms with Crippen molar-refractivity contribution in [2.45, 2.75) is 13.8 Å². The van der Waals surface area contributed by atoms with E-state index in [1.165, 1.54) is 0 Å². The van der Waals surface area contributed by atoms with Crippen molar-refractivity contribution < 1.29 is 9.53 Å². The Morgan fingerprint density at radius 1 is 1.03 bits per heavy atom. The average Bonchev–Trinajstić information content (AvgIpc) is 2.78. The Bertz CT molecular complexity index is 1260. The molecule has 154 valence electrons. The van der Waals surface area contributed by atoms with E-state index < -0.39 is 0 Å². The molecular formula is C27H22ClNO2. The van der Waals surface area contributed by atoms with Crippen molar-refractivity contribution in [2.75, 3.05) is 6.61 Å². The Balaban J connectivity index is 1.80. The molecule has 0 saturated heterocycles. The minimum Gasteiger partial charge on any atom is -0.494 e. The Morgan fingerprint density at radius 2 is 1.77 bits per heavy atom. The lowest BCUT2D eigenvalue weighted by atomic mass is 9.92. The number of rotatable bonds is 6. The predicted octanol–water partition coefficient (Wildman–Crippen LogP) is 7.16. The number of fused-ring (bicyclic) bond motifs is 1. The molecule has 0 atom stereocenters. The first-order valence-electron chi connectivity index (χ1n) is 10.2. The molecule has 4 heteroatoms. The lowest BCUT2D eigenvalue weighted by Crippen LogP contribution is -2.05. The number of ether oxygens (including phenoxy) is 1. The molecule has 0 aliphatic carbocycles. The minimum atomic E-state index is -0.0976. The van der Waals surface area contributed by atoms with E-state index in [4.69, 9.17) is 16.3 Å². The lowest BCUT2D eigenvalue weighted by Gasteiger charge is -2.14. The highest BCUT2D eigenvalue weighted by Gasteiger charge is 2.19. The number of halogens is 1. The third-order valence-corrected chi connectivity index (χ3v) is 5.29. The Hall–Kier alpha value is -3.43. The van der Waals surface area contributed by atoms with Gasteiger partial charge in [-0.2, -0.15) is 0 Å². The molecule has 1 aromatic heterocycles. The first-order valence-corrected chi connectivity index (χ1v) is 10.5. The van der Waals surface area contributed by atoms with E-state index in [0.29, 0.717) is 22.9 Å². The van der Waals surface area contributed by atoms with Gasteiger partial charge < -0.3 is 4.74 Å². The van der Waals surface area contributed by atoms with Crippen LogP contribution in [-0.2, 0) is 0 Å². The van der Waals surface area contributed by atoms with Crippen LogP contribution in [0.25, 0.3) is 28.1 Å². The largest absolute Gasteiger partial charge is 0.494 e. The molecule has 0 radical (unpaired) electrons. The normalized spacial score (nSPS) is 11.2. The summed E-state index contributed by atoms with van der Waals surface area (Å²) in [6.07, 6.45) is 3.41. The fraction of sp³-hybridized carbons (Fsp3) is 0.111. The molecule has 0 aliphatic rings. The van der Waals surface area contributed by atoms with Crippen LogP contribution in [0, 0.1) is 6.92 Å². The molecule has 0 fully saturated rings. The van der Waals surface area contributed by atoms with E-state index in [-0.39, 0.29) is 5.78 Å².